The second-order valence-corrected chi connectivity index (χ2v) is 6.40. The lowest BCUT2D eigenvalue weighted by atomic mass is 10.1. The lowest BCUT2D eigenvalue weighted by Crippen LogP contribution is -2.23. The molecule has 2 N–H and O–H groups in total. The molecule has 0 fully saturated rings. The van der Waals surface area contributed by atoms with E-state index in [0.29, 0.717) is 30.2 Å². The fourth-order valence-electron chi connectivity index (χ4n) is 2.79. The quantitative estimate of drug-likeness (QED) is 0.614. The number of nitrogens with zero attached hydrogens (tertiary/aromatic N) is 1. The minimum absolute atomic E-state index is 0.112. The smallest absolute Gasteiger partial charge is 0.251 e. The molecule has 3 rings (SSSR count). The van der Waals surface area contributed by atoms with Gasteiger partial charge in [-0.1, -0.05) is 12.1 Å². The first-order valence-corrected chi connectivity index (χ1v) is 9.26. The number of ether oxygens (including phenoxy) is 1. The van der Waals surface area contributed by atoms with Crippen molar-refractivity contribution in [3.05, 3.63) is 71.7 Å². The summed E-state index contributed by atoms with van der Waals surface area (Å²) in [7, 11) is 3.20. The largest absolute Gasteiger partial charge is 0.497 e. The second-order valence-electron chi connectivity index (χ2n) is 6.40. The number of rotatable bonds is 8. The normalized spacial score (nSPS) is 10.4. The van der Waals surface area contributed by atoms with Crippen molar-refractivity contribution in [2.45, 2.75) is 19.4 Å². The van der Waals surface area contributed by atoms with E-state index in [1.165, 1.54) is 0 Å². The molecule has 3 aromatic rings. The van der Waals surface area contributed by atoms with Gasteiger partial charge >= 0.3 is 0 Å². The van der Waals surface area contributed by atoms with Gasteiger partial charge in [-0.25, -0.2) is 4.98 Å². The second kappa shape index (κ2) is 9.54. The number of oxazole rings is 1. The fourth-order valence-corrected chi connectivity index (χ4v) is 2.79. The highest BCUT2D eigenvalue weighted by Crippen LogP contribution is 2.23. The van der Waals surface area contributed by atoms with Crippen molar-refractivity contribution < 1.29 is 18.7 Å². The summed E-state index contributed by atoms with van der Waals surface area (Å²) in [5.41, 5.74) is 2.31. The molecule has 2 aromatic carbocycles. The summed E-state index contributed by atoms with van der Waals surface area (Å²) in [6.45, 7) is 0.354. The van der Waals surface area contributed by atoms with Gasteiger partial charge in [0.2, 0.25) is 5.91 Å². The lowest BCUT2D eigenvalue weighted by Gasteiger charge is -2.06. The molecule has 7 nitrogen and oxygen atoms in total. The van der Waals surface area contributed by atoms with Gasteiger partial charge in [-0.05, 0) is 42.0 Å². The highest BCUT2D eigenvalue weighted by molar-refractivity contribution is 5.94. The third-order valence-electron chi connectivity index (χ3n) is 4.40. The minimum atomic E-state index is -0.158. The van der Waals surface area contributed by atoms with Gasteiger partial charge in [0, 0.05) is 37.6 Å². The Balaban J connectivity index is 1.50. The third-order valence-corrected chi connectivity index (χ3v) is 4.40. The predicted octanol–water partition coefficient (Wildman–Crippen LogP) is 2.96. The predicted molar refractivity (Wildman–Crippen MR) is 108 cm³/mol. The molecular formula is C22H23N3O4. The maximum absolute atomic E-state index is 12.1. The van der Waals surface area contributed by atoms with E-state index in [9.17, 15) is 9.59 Å². The van der Waals surface area contributed by atoms with Crippen LogP contribution >= 0.6 is 0 Å². The summed E-state index contributed by atoms with van der Waals surface area (Å²) >= 11 is 0. The van der Waals surface area contributed by atoms with Crippen LogP contribution in [0.3, 0.4) is 0 Å². The van der Waals surface area contributed by atoms with E-state index in [0.717, 1.165) is 16.9 Å². The van der Waals surface area contributed by atoms with Crippen LogP contribution in [0.5, 0.6) is 5.75 Å². The van der Waals surface area contributed by atoms with Crippen molar-refractivity contribution >= 4 is 11.8 Å². The SMILES string of the molecule is CNC(=O)c1cccc(CNC(=O)CCc2ncc(-c3ccc(OC)cc3)o2)c1. The van der Waals surface area contributed by atoms with Gasteiger partial charge in [0.15, 0.2) is 11.7 Å². The van der Waals surface area contributed by atoms with Crippen molar-refractivity contribution in [2.75, 3.05) is 14.2 Å². The number of benzene rings is 2. The van der Waals surface area contributed by atoms with E-state index in [2.05, 4.69) is 15.6 Å². The average molecular weight is 393 g/mol. The van der Waals surface area contributed by atoms with Crippen LogP contribution in [0, 0.1) is 0 Å². The number of aryl methyl sites for hydroxylation is 1. The Labute approximate surface area is 169 Å². The summed E-state index contributed by atoms with van der Waals surface area (Å²) in [6, 6.07) is 14.6. The summed E-state index contributed by atoms with van der Waals surface area (Å²) in [4.78, 5) is 28.1. The number of carbonyl (C=O) groups excluding carboxylic acids is 2. The molecule has 0 atom stereocenters. The molecule has 0 aliphatic carbocycles. The third kappa shape index (κ3) is 5.44. The summed E-state index contributed by atoms with van der Waals surface area (Å²) in [5, 5.41) is 5.43. The van der Waals surface area contributed by atoms with Gasteiger partial charge in [0.05, 0.1) is 13.3 Å². The molecule has 2 amide bonds. The van der Waals surface area contributed by atoms with Gasteiger partial charge in [-0.15, -0.1) is 0 Å². The van der Waals surface area contributed by atoms with Gasteiger partial charge in [-0.3, -0.25) is 9.59 Å². The topological polar surface area (TPSA) is 93.5 Å². The molecule has 0 spiro atoms. The number of amides is 2. The van der Waals surface area contributed by atoms with E-state index in [1.807, 2.05) is 30.3 Å². The van der Waals surface area contributed by atoms with Crippen LogP contribution in [-0.4, -0.2) is 31.0 Å². The zero-order valence-electron chi connectivity index (χ0n) is 16.4. The monoisotopic (exact) mass is 393 g/mol. The number of hydrogen-bond acceptors (Lipinski definition) is 5. The number of methoxy groups -OCH3 is 1. The van der Waals surface area contributed by atoms with Crippen LogP contribution in [0.4, 0.5) is 0 Å². The Morgan fingerprint density at radius 1 is 1.14 bits per heavy atom. The first kappa shape index (κ1) is 20.1. The Morgan fingerprint density at radius 2 is 1.93 bits per heavy atom. The molecule has 29 heavy (non-hydrogen) atoms. The Morgan fingerprint density at radius 3 is 2.66 bits per heavy atom. The van der Waals surface area contributed by atoms with Crippen LogP contribution in [0.25, 0.3) is 11.3 Å². The molecule has 7 heteroatoms. The van der Waals surface area contributed by atoms with E-state index < -0.39 is 0 Å². The Hall–Kier alpha value is -3.61. The van der Waals surface area contributed by atoms with Crippen molar-refractivity contribution in [3.8, 4) is 17.1 Å². The molecule has 0 aliphatic rings. The van der Waals surface area contributed by atoms with E-state index >= 15 is 0 Å². The van der Waals surface area contributed by atoms with E-state index in [1.54, 1.807) is 38.6 Å². The van der Waals surface area contributed by atoms with Crippen molar-refractivity contribution in [1.29, 1.82) is 0 Å². The maximum atomic E-state index is 12.1. The highest BCUT2D eigenvalue weighted by Gasteiger charge is 2.10. The molecule has 150 valence electrons. The lowest BCUT2D eigenvalue weighted by molar-refractivity contribution is -0.121. The highest BCUT2D eigenvalue weighted by atomic mass is 16.5. The average Bonchev–Trinajstić information content (AvgIpc) is 3.25. The summed E-state index contributed by atoms with van der Waals surface area (Å²) in [6.07, 6.45) is 2.32. The molecule has 0 saturated heterocycles. The number of nitrogens with one attached hydrogen (secondary N) is 2. The van der Waals surface area contributed by atoms with Gasteiger partial charge in [-0.2, -0.15) is 0 Å². The molecule has 0 saturated carbocycles. The zero-order valence-corrected chi connectivity index (χ0v) is 16.4. The van der Waals surface area contributed by atoms with Gasteiger partial charge < -0.3 is 19.8 Å². The number of hydrogen-bond donors (Lipinski definition) is 2. The summed E-state index contributed by atoms with van der Waals surface area (Å²) < 4.78 is 10.9. The van der Waals surface area contributed by atoms with E-state index in [4.69, 9.17) is 9.15 Å². The molecule has 1 heterocycles. The Bertz CT molecular complexity index is 980. The molecule has 0 bridgehead atoms. The number of aromatic nitrogens is 1. The van der Waals surface area contributed by atoms with Crippen LogP contribution in [-0.2, 0) is 17.8 Å². The first-order chi connectivity index (χ1) is 14.1. The standard InChI is InChI=1S/C22H23N3O4/c1-23-22(27)17-5-3-4-15(12-17)13-24-20(26)10-11-21-25-14-19(29-21)16-6-8-18(28-2)9-7-16/h3-9,12,14H,10-11,13H2,1-2H3,(H,23,27)(H,24,26). The van der Waals surface area contributed by atoms with E-state index in [-0.39, 0.29) is 18.2 Å². The molecule has 0 unspecified atom stereocenters. The zero-order chi connectivity index (χ0) is 20.6. The van der Waals surface area contributed by atoms with Crippen LogP contribution in [0.15, 0.2) is 59.1 Å². The van der Waals surface area contributed by atoms with Crippen LogP contribution < -0.4 is 15.4 Å². The number of carbonyl (C=O) groups is 2. The molecular weight excluding hydrogens is 370 g/mol. The van der Waals surface area contributed by atoms with Crippen molar-refractivity contribution in [2.24, 2.45) is 0 Å². The molecule has 1 aromatic heterocycles. The van der Waals surface area contributed by atoms with Gasteiger partial charge in [0.1, 0.15) is 5.75 Å². The maximum Gasteiger partial charge on any atom is 0.251 e. The van der Waals surface area contributed by atoms with Crippen LogP contribution in [0.1, 0.15) is 28.2 Å². The Kier molecular flexibility index (Phi) is 6.63. The van der Waals surface area contributed by atoms with Crippen molar-refractivity contribution in [3.63, 3.8) is 0 Å². The fraction of sp³-hybridized carbons (Fsp3) is 0.227. The van der Waals surface area contributed by atoms with Crippen LogP contribution in [0.2, 0.25) is 0 Å². The van der Waals surface area contributed by atoms with Gasteiger partial charge in [0.25, 0.3) is 5.91 Å². The first-order valence-electron chi connectivity index (χ1n) is 9.26. The molecule has 0 radical (unpaired) electrons. The summed E-state index contributed by atoms with van der Waals surface area (Å²) in [5.74, 6) is 1.65. The molecule has 0 aliphatic heterocycles. The van der Waals surface area contributed by atoms with Crippen molar-refractivity contribution in [1.82, 2.24) is 15.6 Å². The minimum Gasteiger partial charge on any atom is -0.497 e.